The van der Waals surface area contributed by atoms with Crippen LogP contribution in [0.1, 0.15) is 44.0 Å². The van der Waals surface area contributed by atoms with Crippen molar-refractivity contribution in [2.75, 3.05) is 19.7 Å². The topological polar surface area (TPSA) is 94.9 Å². The van der Waals surface area contributed by atoms with Gasteiger partial charge in [-0.3, -0.25) is 9.59 Å². The average molecular weight is 493 g/mol. The smallest absolute Gasteiger partial charge is 0.318 e. The number of benzene rings is 1. The molecule has 5 rings (SSSR count). The number of fused-ring (bicyclic) bond motifs is 3. The van der Waals surface area contributed by atoms with Crippen LogP contribution in [0.5, 0.6) is 0 Å². The van der Waals surface area contributed by atoms with Crippen LogP contribution in [0, 0.1) is 17.8 Å². The van der Waals surface area contributed by atoms with E-state index in [-0.39, 0.29) is 36.1 Å². The van der Waals surface area contributed by atoms with E-state index in [4.69, 9.17) is 0 Å². The number of nitrogens with zero attached hydrogens (tertiary/aromatic N) is 3. The average Bonchev–Trinajstić information content (AvgIpc) is 3.40. The van der Waals surface area contributed by atoms with E-state index in [0.717, 1.165) is 25.0 Å². The molecule has 1 aromatic heterocycles. The lowest BCUT2D eigenvalue weighted by atomic mass is 9.86. The van der Waals surface area contributed by atoms with Crippen LogP contribution in [0.2, 0.25) is 0 Å². The van der Waals surface area contributed by atoms with Crippen LogP contribution >= 0.6 is 0 Å². The number of hydrogen-bond acceptors (Lipinski definition) is 4. The number of pyridine rings is 1. The molecule has 2 aromatic rings. The van der Waals surface area contributed by atoms with Gasteiger partial charge in [0.05, 0.1) is 6.04 Å². The third-order valence-electron chi connectivity index (χ3n) is 8.14. The lowest BCUT2D eigenvalue weighted by molar-refractivity contribution is -0.138. The Hall–Kier alpha value is -3.13. The minimum atomic E-state index is -0.751. The molecule has 3 amide bonds. The number of amides is 3. The standard InChI is InChI=1S/C28H36N4O4/c1-18(2)29-28(36)32-25-21(16-31-23(25)9-6-10-24(31)34)22(17-33)26(32)27(35)30-13-11-20(12-14-30)15-19-7-4-3-5-8-19/h3-10,18,20-22,25-26,33H,11-17H2,1-2H3,(H,29,36)/t21-,22-,25+,26-/m0/s1. The molecule has 2 fully saturated rings. The molecule has 3 aliphatic rings. The first-order valence-electron chi connectivity index (χ1n) is 13.1. The van der Waals surface area contributed by atoms with E-state index < -0.39 is 18.0 Å². The van der Waals surface area contributed by atoms with Gasteiger partial charge in [-0.25, -0.2) is 4.79 Å². The predicted octanol–water partition coefficient (Wildman–Crippen LogP) is 2.41. The van der Waals surface area contributed by atoms with Crippen molar-refractivity contribution in [3.8, 4) is 0 Å². The maximum Gasteiger partial charge on any atom is 0.318 e. The number of urea groups is 1. The van der Waals surface area contributed by atoms with Crippen molar-refractivity contribution in [3.63, 3.8) is 0 Å². The van der Waals surface area contributed by atoms with Gasteiger partial charge in [0, 0.05) is 55.9 Å². The molecular formula is C28H36N4O4. The normalized spacial score (nSPS) is 25.7. The van der Waals surface area contributed by atoms with Gasteiger partial charge in [0.15, 0.2) is 0 Å². The summed E-state index contributed by atoms with van der Waals surface area (Å²) < 4.78 is 1.68. The first-order valence-corrected chi connectivity index (χ1v) is 13.1. The van der Waals surface area contributed by atoms with Crippen molar-refractivity contribution in [1.82, 2.24) is 19.7 Å². The van der Waals surface area contributed by atoms with Gasteiger partial charge in [0.25, 0.3) is 5.56 Å². The second-order valence-corrected chi connectivity index (χ2v) is 10.8. The summed E-state index contributed by atoms with van der Waals surface area (Å²) in [5.74, 6) is -0.188. The summed E-state index contributed by atoms with van der Waals surface area (Å²) in [5, 5.41) is 13.4. The molecule has 8 heteroatoms. The Kier molecular flexibility index (Phi) is 6.88. The summed E-state index contributed by atoms with van der Waals surface area (Å²) in [6, 6.07) is 13.9. The second-order valence-electron chi connectivity index (χ2n) is 10.8. The van der Waals surface area contributed by atoms with Gasteiger partial charge in [-0.1, -0.05) is 36.4 Å². The van der Waals surface area contributed by atoms with Crippen LogP contribution in [0.4, 0.5) is 4.79 Å². The fourth-order valence-electron chi connectivity index (χ4n) is 6.46. The van der Waals surface area contributed by atoms with E-state index in [9.17, 15) is 19.5 Å². The first-order chi connectivity index (χ1) is 17.4. The Morgan fingerprint density at radius 3 is 2.44 bits per heavy atom. The number of carbonyl (C=O) groups excluding carboxylic acids is 2. The van der Waals surface area contributed by atoms with Gasteiger partial charge < -0.3 is 24.8 Å². The van der Waals surface area contributed by atoms with Crippen LogP contribution in [0.15, 0.2) is 53.3 Å². The predicted molar refractivity (Wildman–Crippen MR) is 136 cm³/mol. The Morgan fingerprint density at radius 1 is 1.06 bits per heavy atom. The zero-order valence-corrected chi connectivity index (χ0v) is 21.0. The third kappa shape index (κ3) is 4.43. The maximum absolute atomic E-state index is 14.0. The number of rotatable bonds is 5. The monoisotopic (exact) mass is 492 g/mol. The highest BCUT2D eigenvalue weighted by atomic mass is 16.3. The van der Waals surface area contributed by atoms with Gasteiger partial charge in [-0.05, 0) is 50.7 Å². The molecule has 36 heavy (non-hydrogen) atoms. The molecule has 0 spiro atoms. The first kappa shape index (κ1) is 24.6. The van der Waals surface area contributed by atoms with Crippen molar-refractivity contribution in [2.45, 2.75) is 57.8 Å². The Labute approximate surface area is 211 Å². The molecule has 2 saturated heterocycles. The second kappa shape index (κ2) is 10.1. The van der Waals surface area contributed by atoms with E-state index in [1.807, 2.05) is 30.9 Å². The molecular weight excluding hydrogens is 456 g/mol. The van der Waals surface area contributed by atoms with Gasteiger partial charge in [0.1, 0.15) is 6.04 Å². The number of aliphatic hydroxyl groups excluding tert-OH is 1. The van der Waals surface area contributed by atoms with Crippen LogP contribution in [0.3, 0.4) is 0 Å². The van der Waals surface area contributed by atoms with Crippen LogP contribution in [-0.2, 0) is 17.8 Å². The molecule has 1 aromatic carbocycles. The summed E-state index contributed by atoms with van der Waals surface area (Å²) in [6.07, 6.45) is 2.84. The van der Waals surface area contributed by atoms with Gasteiger partial charge >= 0.3 is 6.03 Å². The van der Waals surface area contributed by atoms with Crippen molar-refractivity contribution < 1.29 is 14.7 Å². The van der Waals surface area contributed by atoms with E-state index in [1.165, 1.54) is 11.6 Å². The van der Waals surface area contributed by atoms with Gasteiger partial charge in [-0.15, -0.1) is 0 Å². The van der Waals surface area contributed by atoms with Crippen LogP contribution < -0.4 is 10.9 Å². The summed E-state index contributed by atoms with van der Waals surface area (Å²) in [7, 11) is 0. The maximum atomic E-state index is 14.0. The highest BCUT2D eigenvalue weighted by Crippen LogP contribution is 2.49. The third-order valence-corrected chi connectivity index (χ3v) is 8.14. The Morgan fingerprint density at radius 2 is 1.78 bits per heavy atom. The fraction of sp³-hybridized carbons (Fsp3) is 0.536. The molecule has 3 aliphatic heterocycles. The van der Waals surface area contributed by atoms with E-state index in [1.54, 1.807) is 15.5 Å². The van der Waals surface area contributed by atoms with Crippen LogP contribution in [-0.4, -0.2) is 63.2 Å². The fourth-order valence-corrected chi connectivity index (χ4v) is 6.46. The number of piperidine rings is 1. The number of likely N-dealkylation sites (tertiary alicyclic amines) is 2. The van der Waals surface area contributed by atoms with Crippen molar-refractivity contribution in [1.29, 1.82) is 0 Å². The summed E-state index contributed by atoms with van der Waals surface area (Å²) >= 11 is 0. The van der Waals surface area contributed by atoms with Crippen molar-refractivity contribution >= 4 is 11.9 Å². The molecule has 0 bridgehead atoms. The van der Waals surface area contributed by atoms with E-state index >= 15 is 0 Å². The highest BCUT2D eigenvalue weighted by molar-refractivity contribution is 5.89. The minimum absolute atomic E-state index is 0.0923. The molecule has 8 nitrogen and oxygen atoms in total. The summed E-state index contributed by atoms with van der Waals surface area (Å²) in [4.78, 5) is 43.5. The molecule has 4 heterocycles. The van der Waals surface area contributed by atoms with Gasteiger partial charge in [-0.2, -0.15) is 0 Å². The van der Waals surface area contributed by atoms with Crippen molar-refractivity contribution in [3.05, 3.63) is 70.1 Å². The van der Waals surface area contributed by atoms with Gasteiger partial charge in [0.2, 0.25) is 5.91 Å². The Bertz CT molecular complexity index is 1160. The molecule has 2 N–H and O–H groups in total. The molecule has 0 radical (unpaired) electrons. The number of aliphatic hydroxyl groups is 1. The SMILES string of the molecule is CC(C)NC(=O)N1[C@H](C(=O)N2CCC(Cc3ccccc3)CC2)[C@@H](CO)[C@@H]2Cn3c(cccc3=O)[C@@H]21. The van der Waals surface area contributed by atoms with E-state index in [2.05, 4.69) is 29.6 Å². The molecule has 4 atom stereocenters. The zero-order chi connectivity index (χ0) is 25.4. The van der Waals surface area contributed by atoms with Crippen molar-refractivity contribution in [2.24, 2.45) is 17.8 Å². The summed E-state index contributed by atoms with van der Waals surface area (Å²) in [6.45, 7) is 5.26. The highest BCUT2D eigenvalue weighted by Gasteiger charge is 2.58. The number of hydrogen-bond donors (Lipinski definition) is 2. The van der Waals surface area contributed by atoms with Crippen LogP contribution in [0.25, 0.3) is 0 Å². The molecule has 0 unspecified atom stereocenters. The number of aromatic nitrogens is 1. The molecule has 0 aliphatic carbocycles. The number of nitrogens with one attached hydrogen (secondary N) is 1. The molecule has 192 valence electrons. The lowest BCUT2D eigenvalue weighted by Crippen LogP contribution is -2.56. The summed E-state index contributed by atoms with van der Waals surface area (Å²) in [5.41, 5.74) is 1.93. The quantitative estimate of drug-likeness (QED) is 0.670. The lowest BCUT2D eigenvalue weighted by Gasteiger charge is -2.38. The largest absolute Gasteiger partial charge is 0.396 e. The Balaban J connectivity index is 1.38. The number of carbonyl (C=O) groups is 2. The van der Waals surface area contributed by atoms with E-state index in [0.29, 0.717) is 25.6 Å². The zero-order valence-electron chi connectivity index (χ0n) is 21.0. The molecule has 0 saturated carbocycles. The minimum Gasteiger partial charge on any atom is -0.396 e.